The Balaban J connectivity index is 2.40. The van der Waals surface area contributed by atoms with E-state index in [0.717, 1.165) is 7.11 Å². The fraction of sp³-hybridized carbons (Fsp3) is 0.182. The number of esters is 1. The second-order valence-electron chi connectivity index (χ2n) is 3.42. The zero-order valence-electron chi connectivity index (χ0n) is 8.91. The highest BCUT2D eigenvalue weighted by atomic mass is 16.5. The number of methoxy groups -OCH3 is 1. The topological polar surface area (TPSA) is 83.9 Å². The van der Waals surface area contributed by atoms with E-state index in [1.807, 2.05) is 0 Å². The average Bonchev–Trinajstić information content (AvgIpc) is 2.61. The Kier molecular flexibility index (Phi) is 2.64. The lowest BCUT2D eigenvalue weighted by atomic mass is 10.1. The van der Waals surface area contributed by atoms with Gasteiger partial charge in [-0.3, -0.25) is 9.59 Å². The largest absolute Gasteiger partial charge is 0.466 e. The Morgan fingerprint density at radius 3 is 2.12 bits per heavy atom. The van der Waals surface area contributed by atoms with Crippen LogP contribution in [0, 0.1) is 0 Å². The lowest BCUT2D eigenvalue weighted by Gasteiger charge is -2.18. The van der Waals surface area contributed by atoms with Crippen LogP contribution in [0.3, 0.4) is 0 Å². The first kappa shape index (κ1) is 11.3. The molecule has 1 N–H and O–H groups in total. The van der Waals surface area contributed by atoms with Crippen LogP contribution in [0.4, 0.5) is 0 Å². The number of carbonyl (C=O) groups is 3. The third kappa shape index (κ3) is 1.58. The van der Waals surface area contributed by atoms with Gasteiger partial charge in [-0.25, -0.2) is 9.69 Å². The molecule has 6 nitrogen and oxygen atoms in total. The number of aliphatic hydroxyl groups excluding tert-OH is 1. The minimum absolute atomic E-state index is 0.167. The number of aliphatic hydroxyl groups is 1. The van der Waals surface area contributed by atoms with Crippen molar-refractivity contribution in [1.82, 2.24) is 4.90 Å². The summed E-state index contributed by atoms with van der Waals surface area (Å²) in [5, 5.41) is 9.54. The molecular formula is C11H9NO5. The van der Waals surface area contributed by atoms with Crippen LogP contribution in [0.25, 0.3) is 0 Å². The molecule has 1 aromatic rings. The van der Waals surface area contributed by atoms with Crippen molar-refractivity contribution in [1.29, 1.82) is 0 Å². The van der Waals surface area contributed by atoms with Crippen LogP contribution in [0.2, 0.25) is 0 Å². The molecule has 1 atom stereocenters. The second kappa shape index (κ2) is 3.99. The normalized spacial score (nSPS) is 15.8. The number of rotatable bonds is 2. The molecular weight excluding hydrogens is 226 g/mol. The Hall–Kier alpha value is -2.21. The summed E-state index contributed by atoms with van der Waals surface area (Å²) in [4.78, 5) is 35.2. The first-order chi connectivity index (χ1) is 8.07. The highest BCUT2D eigenvalue weighted by Gasteiger charge is 2.42. The zero-order valence-corrected chi connectivity index (χ0v) is 8.91. The van der Waals surface area contributed by atoms with Crippen molar-refractivity contribution >= 4 is 17.8 Å². The van der Waals surface area contributed by atoms with Crippen molar-refractivity contribution in [3.63, 3.8) is 0 Å². The second-order valence-corrected chi connectivity index (χ2v) is 3.42. The lowest BCUT2D eigenvalue weighted by Crippen LogP contribution is -2.45. The third-order valence-electron chi connectivity index (χ3n) is 2.48. The molecule has 1 heterocycles. The van der Waals surface area contributed by atoms with Gasteiger partial charge in [0.05, 0.1) is 18.2 Å². The van der Waals surface area contributed by atoms with Gasteiger partial charge in [-0.2, -0.15) is 0 Å². The van der Waals surface area contributed by atoms with E-state index in [4.69, 9.17) is 0 Å². The number of amides is 2. The maximum Gasteiger partial charge on any atom is 0.356 e. The van der Waals surface area contributed by atoms with Gasteiger partial charge in [-0.05, 0) is 12.1 Å². The van der Waals surface area contributed by atoms with Crippen molar-refractivity contribution < 1.29 is 24.2 Å². The summed E-state index contributed by atoms with van der Waals surface area (Å²) in [6, 6.07) is 6.11. The molecule has 1 aliphatic rings. The molecule has 0 bridgehead atoms. The van der Waals surface area contributed by atoms with E-state index in [-0.39, 0.29) is 11.1 Å². The van der Waals surface area contributed by atoms with Gasteiger partial charge in [0, 0.05) is 0 Å². The molecule has 0 aromatic heterocycles. The smallest absolute Gasteiger partial charge is 0.356 e. The Bertz CT molecular complexity index is 475. The molecule has 1 aromatic carbocycles. The van der Waals surface area contributed by atoms with Gasteiger partial charge < -0.3 is 9.84 Å². The molecule has 17 heavy (non-hydrogen) atoms. The van der Waals surface area contributed by atoms with Gasteiger partial charge in [-0.1, -0.05) is 12.1 Å². The summed E-state index contributed by atoms with van der Waals surface area (Å²) >= 11 is 0. The van der Waals surface area contributed by atoms with Crippen LogP contribution in [0.1, 0.15) is 20.7 Å². The van der Waals surface area contributed by atoms with Crippen LogP contribution in [0.15, 0.2) is 24.3 Å². The first-order valence-corrected chi connectivity index (χ1v) is 4.80. The number of hydrogen-bond donors (Lipinski definition) is 1. The molecule has 6 heteroatoms. The molecule has 0 saturated heterocycles. The van der Waals surface area contributed by atoms with Crippen LogP contribution in [0.5, 0.6) is 0 Å². The Labute approximate surface area is 96.4 Å². The third-order valence-corrected chi connectivity index (χ3v) is 2.48. The van der Waals surface area contributed by atoms with Crippen molar-refractivity contribution in [3.8, 4) is 0 Å². The summed E-state index contributed by atoms with van der Waals surface area (Å²) < 4.78 is 4.28. The molecule has 0 spiro atoms. The fourth-order valence-electron chi connectivity index (χ4n) is 1.64. The van der Waals surface area contributed by atoms with Crippen LogP contribution in [-0.2, 0) is 9.53 Å². The summed E-state index contributed by atoms with van der Waals surface area (Å²) in [5.74, 6) is -2.47. The van der Waals surface area contributed by atoms with Gasteiger partial charge in [0.25, 0.3) is 11.8 Å². The first-order valence-electron chi connectivity index (χ1n) is 4.80. The van der Waals surface area contributed by atoms with Crippen LogP contribution >= 0.6 is 0 Å². The van der Waals surface area contributed by atoms with Gasteiger partial charge in [-0.15, -0.1) is 0 Å². The maximum absolute atomic E-state index is 11.8. The number of ether oxygens (including phenoxy) is 1. The molecule has 1 aliphatic heterocycles. The zero-order chi connectivity index (χ0) is 12.6. The van der Waals surface area contributed by atoms with Crippen molar-refractivity contribution in [2.45, 2.75) is 6.23 Å². The number of carbonyl (C=O) groups excluding carboxylic acids is 3. The number of hydrogen-bond acceptors (Lipinski definition) is 5. The van der Waals surface area contributed by atoms with Gasteiger partial charge in [0.2, 0.25) is 6.23 Å². The number of nitrogens with zero attached hydrogens (tertiary/aromatic N) is 1. The van der Waals surface area contributed by atoms with Gasteiger partial charge >= 0.3 is 5.97 Å². The SMILES string of the molecule is COC(=O)C(O)N1C(=O)c2ccccc2C1=O. The quantitative estimate of drug-likeness (QED) is 0.565. The van der Waals surface area contributed by atoms with Crippen LogP contribution < -0.4 is 0 Å². The average molecular weight is 235 g/mol. The van der Waals surface area contributed by atoms with Gasteiger partial charge in [0.1, 0.15) is 0 Å². The summed E-state index contributed by atoms with van der Waals surface area (Å²) in [6.07, 6.45) is -1.91. The predicted molar refractivity (Wildman–Crippen MR) is 55.0 cm³/mol. The maximum atomic E-state index is 11.8. The van der Waals surface area contributed by atoms with Gasteiger partial charge in [0.15, 0.2) is 0 Å². The molecule has 2 rings (SSSR count). The van der Waals surface area contributed by atoms with Crippen LogP contribution in [-0.4, -0.2) is 41.1 Å². The van der Waals surface area contributed by atoms with Crippen molar-refractivity contribution in [2.24, 2.45) is 0 Å². The van der Waals surface area contributed by atoms with Crippen molar-refractivity contribution in [2.75, 3.05) is 7.11 Å². The van der Waals surface area contributed by atoms with E-state index in [1.165, 1.54) is 12.1 Å². The minimum Gasteiger partial charge on any atom is -0.466 e. The standard InChI is InChI=1S/C11H9NO5/c1-17-11(16)10(15)12-8(13)6-4-2-3-5-7(6)9(12)14/h2-5,10,15H,1H3. The summed E-state index contributed by atoms with van der Waals surface area (Å²) in [6.45, 7) is 0. The molecule has 0 saturated carbocycles. The molecule has 0 fully saturated rings. The monoisotopic (exact) mass is 235 g/mol. The van der Waals surface area contributed by atoms with E-state index in [1.54, 1.807) is 12.1 Å². The van der Waals surface area contributed by atoms with E-state index in [9.17, 15) is 19.5 Å². The van der Waals surface area contributed by atoms with Crippen molar-refractivity contribution in [3.05, 3.63) is 35.4 Å². The van der Waals surface area contributed by atoms with E-state index < -0.39 is 24.0 Å². The van der Waals surface area contributed by atoms with E-state index >= 15 is 0 Å². The number of benzene rings is 1. The molecule has 2 amide bonds. The van der Waals surface area contributed by atoms with E-state index in [0.29, 0.717) is 4.90 Å². The molecule has 88 valence electrons. The molecule has 0 radical (unpaired) electrons. The fourth-order valence-corrected chi connectivity index (χ4v) is 1.64. The highest BCUT2D eigenvalue weighted by Crippen LogP contribution is 2.23. The summed E-state index contributed by atoms with van der Waals surface area (Å²) in [5.41, 5.74) is 0.334. The Morgan fingerprint density at radius 1 is 1.24 bits per heavy atom. The molecule has 1 unspecified atom stereocenters. The highest BCUT2D eigenvalue weighted by molar-refractivity contribution is 6.22. The molecule has 0 aliphatic carbocycles. The van der Waals surface area contributed by atoms with E-state index in [2.05, 4.69) is 4.74 Å². The Morgan fingerprint density at radius 2 is 1.71 bits per heavy atom. The lowest BCUT2D eigenvalue weighted by molar-refractivity contribution is -0.156. The predicted octanol–water partition coefficient (Wildman–Crippen LogP) is -0.226. The summed E-state index contributed by atoms with van der Waals surface area (Å²) in [7, 11) is 1.06. The minimum atomic E-state index is -1.91. The number of imide groups is 1. The number of fused-ring (bicyclic) bond motifs is 1.